The summed E-state index contributed by atoms with van der Waals surface area (Å²) in [7, 11) is 0. The number of rotatable bonds is 0. The van der Waals surface area contributed by atoms with Crippen molar-refractivity contribution in [1.29, 1.82) is 0 Å². The van der Waals surface area contributed by atoms with Crippen molar-refractivity contribution in [2.45, 2.75) is 25.7 Å². The number of hydrogen-bond acceptors (Lipinski definition) is 0. The topological polar surface area (TPSA) is 0 Å². The van der Waals surface area contributed by atoms with Crippen molar-refractivity contribution in [3.05, 3.63) is 0 Å². The fourth-order valence-corrected chi connectivity index (χ4v) is 77.9. The van der Waals surface area contributed by atoms with Crippen molar-refractivity contribution in [1.82, 2.24) is 0 Å². The third-order valence-corrected chi connectivity index (χ3v) is 59.9. The van der Waals surface area contributed by atoms with Crippen molar-refractivity contribution in [3.8, 4) is 0 Å². The Balaban J connectivity index is 0.000000323. The molecule has 10 heteroatoms. The van der Waals surface area contributed by atoms with Gasteiger partial charge in [0.05, 0.1) is 0 Å². The maximum atomic E-state index is 1.88. The summed E-state index contributed by atoms with van der Waals surface area (Å²) in [6.45, 7) is 0. The van der Waals surface area contributed by atoms with Crippen LogP contribution in [0.4, 0.5) is 0 Å². The van der Waals surface area contributed by atoms with Gasteiger partial charge in [-0.1, -0.05) is 0 Å². The maximum absolute atomic E-state index is 1.88. The summed E-state index contributed by atoms with van der Waals surface area (Å²) in [5.74, 6) is 37.0. The van der Waals surface area contributed by atoms with E-state index in [1.54, 1.807) is 0 Å². The molecule has 0 nitrogen and oxygen atoms in total. The molecule has 0 saturated heterocycles. The average molecular weight is 3520 g/mol. The van der Waals surface area contributed by atoms with Crippen LogP contribution in [0, 0.1) is 349 Å². The Kier molecular flexibility index (Phi) is 1.07. The van der Waals surface area contributed by atoms with E-state index in [0.717, 1.165) is 184 Å². The quantitative estimate of drug-likeness (QED) is 0.329. The minimum absolute atomic E-state index is 0. The Hall–Kier alpha value is -10.0. The van der Waals surface area contributed by atoms with Gasteiger partial charge in [0, 0.05) is 0 Å². The SMILES string of the molecule is C1C2C3C4C5CC6C7C8C9C%10[C@@H]%11C%12C%13C%14CC%15C%16C%17C%18CC%19C%20C%21C%22C%23C%24C%25C%26C1C21C32C43C56C74C85C96C78C59C34C23C%261C%251C%242C7(C139)C13C%232[C@]%222C%214C%205C%18%19C%177C%169C%15%14C%13%14C9%13C75C45C%134C%12%14[C@]%117C%106C81[C@@]47[C@]532.[Sg].[Sg].[Sg].[Sg].[Sg].[Sg].[Sg].[Sg].[Sg].[Sg]. The van der Waals surface area contributed by atoms with Gasteiger partial charge in [0.15, 0.2) is 0 Å². The van der Waals surface area contributed by atoms with E-state index in [0.29, 0.717) is 0 Å². The third-order valence-electron chi connectivity index (χ3n) is 59.9. The standard InChI is InChI=1S/C66H34.10Sg/c1-5-13-14-6-2-10-18-23-27-30-28-24-20-12-4-8-16-15-7-3-11-19-22-26-29-25-21-17-9(1)31(5)35(13)36(14)32(6,10)40(18)44(23)49(27)52(30)50(28)46(24)42(20)34(8,12)38(16)37(15)33(7,11)41(19)45(22)48(26)51(29)47(25)43(21)39(17,31)53(35)54(36,40)58(44)57(43,53)61(47)62(49,58)66(52)64(50)60(46)56(38,42)55(37,41)59(45,60)63(48,64)65(51,61)66;;;;;;;;;;/h5-30H,1-4H2;;;;;;;;;;/t5?,6?,7?,8?,9?,10?,11?,12?,13?,14?,15?,16?,17?,18?,19?,20?,21?,22?,23?,24?,25-,26?,27?,28?,29?,30?,31?,32?,33?,34?,35?,36?,37?,38?,39?,40?,41?,42?,43?,44?,45?,46?,47-,48?,49+,50?,51?,52?,53?,54?,55?,56?,57?,58?,59?,60?,61+,62-,63?,64?,65?,66?;;;;;;;;;;/m0........../s1. The first kappa shape index (κ1) is 25.3. The van der Waals surface area contributed by atoms with Crippen LogP contribution >= 0.6 is 0 Å². The molecule has 36 spiro atoms. The second kappa shape index (κ2) is 3.21. The smallest absolute Gasteiger partial charge is 0 e. The molecule has 50 aliphatic rings. The summed E-state index contributed by atoms with van der Waals surface area (Å²) < 4.78 is 0. The molecule has 50 rings (SSSR count). The molecule has 0 amide bonds. The van der Waals surface area contributed by atoms with E-state index in [1.807, 2.05) is 25.7 Å². The molecule has 0 radical (unpaired) electrons. The van der Waals surface area contributed by atoms with Gasteiger partial charge in [-0.25, -0.2) is 0 Å². The van der Waals surface area contributed by atoms with Gasteiger partial charge in [0.1, 0.15) is 0 Å². The predicted molar refractivity (Wildman–Crippen MR) is 197 cm³/mol. The van der Waals surface area contributed by atoms with Crippen molar-refractivity contribution in [2.75, 3.05) is 0 Å². The fourth-order valence-electron chi connectivity index (χ4n) is 77.9. The molecule has 0 heterocycles. The number of hydrogen-bond donors (Lipinski definition) is 0. The van der Waals surface area contributed by atoms with Crippen molar-refractivity contribution >= 4 is 0 Å². The Labute approximate surface area is 372 Å². The van der Waals surface area contributed by atoms with Gasteiger partial charge in [0.2, 0.25) is 0 Å². The van der Waals surface area contributed by atoms with Gasteiger partial charge in [-0.15, -0.1) is 0 Å². The first-order valence-corrected chi connectivity index (χ1v) is 32.9. The molecular formula is C66H34Sg10. The second-order valence-electron chi connectivity index (χ2n) is 43.8. The first-order valence-electron chi connectivity index (χ1n) is 32.9. The second-order valence-corrected chi connectivity index (χ2v) is 43.8. The van der Waals surface area contributed by atoms with E-state index in [2.05, 4.69) is 0 Å². The number of fused-ring (bicyclic) bond motifs is 22. The van der Waals surface area contributed by atoms with E-state index in [9.17, 15) is 0 Å². The molecule has 0 bridgehead atoms. The summed E-state index contributed by atoms with van der Waals surface area (Å²) in [5, 5.41) is 0. The molecule has 318 valence electrons. The molecule has 0 aromatic carbocycles. The van der Waals surface area contributed by atoms with Crippen LogP contribution in [0.1, 0.15) is 25.7 Å². The summed E-state index contributed by atoms with van der Waals surface area (Å²) >= 11 is 0. The summed E-state index contributed by atoms with van der Waals surface area (Å²) in [4.78, 5) is 0. The van der Waals surface area contributed by atoms with Crippen molar-refractivity contribution < 1.29 is 0 Å². The summed E-state index contributed by atoms with van der Waals surface area (Å²) in [6.07, 6.45) is 7.52. The molecule has 0 aliphatic heterocycles. The zero-order valence-corrected chi connectivity index (χ0v) is 108. The van der Waals surface area contributed by atoms with Crippen LogP contribution in [-0.2, 0) is 0 Å². The van der Waals surface area contributed by atoms with Crippen molar-refractivity contribution in [3.63, 3.8) is 0 Å². The van der Waals surface area contributed by atoms with E-state index in [1.165, 1.54) is 165 Å². The Morgan fingerprint density at radius 3 is 0.434 bits per heavy atom. The molecule has 76 heavy (non-hydrogen) atoms. The van der Waals surface area contributed by atoms with Crippen LogP contribution in [0.25, 0.3) is 0 Å². The Bertz CT molecular complexity index is 4360. The van der Waals surface area contributed by atoms with Gasteiger partial charge < -0.3 is 0 Å². The maximum Gasteiger partial charge on any atom is 0 e. The normalized spacial score (nSPS) is 129. The van der Waals surface area contributed by atoms with Crippen LogP contribution < -0.4 is 0 Å². The van der Waals surface area contributed by atoms with Crippen molar-refractivity contribution in [2.24, 2.45) is 349 Å². The molecule has 50 fully saturated rings. The molecule has 50 saturated carbocycles. The summed E-state index contributed by atoms with van der Waals surface area (Å²) in [6, 6.07) is 0. The Morgan fingerprint density at radius 2 is 0.250 bits per heavy atom. The molecule has 0 aromatic heterocycles. The monoisotopic (exact) mass is 3540 g/mol. The van der Waals surface area contributed by atoms with Gasteiger partial charge in [-0.3, -0.25) is 0 Å². The van der Waals surface area contributed by atoms with Gasteiger partial charge in [-0.05, 0) is 374 Å². The largest absolute Gasteiger partial charge is 0.0458 e. The molecule has 62 atom stereocenters. The van der Waals surface area contributed by atoms with Gasteiger partial charge in [-0.2, -0.15) is 0 Å². The molecule has 50 aliphatic carbocycles. The average Bonchev–Trinajstić information content (AvgIpc) is 0.416. The third kappa shape index (κ3) is 0.416. The van der Waals surface area contributed by atoms with Crippen LogP contribution in [0.2, 0.25) is 0 Å². The molecule has 0 aromatic rings. The minimum atomic E-state index is 0. The molecular weight excluding hydrogens is 3480 g/mol. The minimum Gasteiger partial charge on any atom is -0.0458 e. The van der Waals surface area contributed by atoms with Crippen LogP contribution in [-0.4, -0.2) is 0 Å². The Morgan fingerprint density at radius 1 is 0.132 bits per heavy atom. The van der Waals surface area contributed by atoms with Crippen LogP contribution in [0.3, 0.4) is 0 Å². The van der Waals surface area contributed by atoms with Crippen LogP contribution in [0.5, 0.6) is 0 Å². The van der Waals surface area contributed by atoms with E-state index >= 15 is 0 Å². The molecule has 57 unspecified atom stereocenters. The summed E-state index contributed by atoms with van der Waals surface area (Å²) in [5.41, 5.74) is 41.2. The zero-order valence-electron chi connectivity index (χ0n) is 42.9. The zero-order chi connectivity index (χ0) is 35.8. The molecule has 0 N–H and O–H groups in total. The van der Waals surface area contributed by atoms with E-state index < -0.39 is 0 Å². The predicted octanol–water partition coefficient (Wildman–Crippen LogP) is 4.76. The van der Waals surface area contributed by atoms with Gasteiger partial charge in [0.25, 0.3) is 0 Å². The van der Waals surface area contributed by atoms with E-state index in [4.69, 9.17) is 0 Å². The first-order chi connectivity index (χ1) is 32.9. The van der Waals surface area contributed by atoms with Crippen LogP contribution in [0.15, 0.2) is 0 Å². The van der Waals surface area contributed by atoms with Gasteiger partial charge >= 0.3 is 0 Å². The van der Waals surface area contributed by atoms with E-state index in [-0.39, 0.29) is 0 Å². The fraction of sp³-hybridized carbons (Fsp3) is 1.00.